The van der Waals surface area contributed by atoms with E-state index in [2.05, 4.69) is 0 Å². The van der Waals surface area contributed by atoms with E-state index in [1.807, 2.05) is 0 Å². The van der Waals surface area contributed by atoms with Crippen molar-refractivity contribution in [2.75, 3.05) is 4.90 Å². The third-order valence-electron chi connectivity index (χ3n) is 2.64. The van der Waals surface area contributed by atoms with Crippen LogP contribution in [0, 0.1) is 13.8 Å². The molecule has 2 amide bonds. The first-order valence-electron chi connectivity index (χ1n) is 5.45. The predicted octanol–water partition coefficient (Wildman–Crippen LogP) is 3.29. The zero-order chi connectivity index (χ0) is 16.6. The first-order chi connectivity index (χ1) is 9.35. The molecule has 0 unspecified atom stereocenters. The van der Waals surface area contributed by atoms with Crippen molar-refractivity contribution in [3.05, 3.63) is 29.3 Å². The maximum atomic E-state index is 12.4. The van der Waals surface area contributed by atoms with E-state index < -0.39 is 34.8 Å². The van der Waals surface area contributed by atoms with Gasteiger partial charge in [-0.25, -0.2) is 4.90 Å². The number of benzene rings is 1. The number of hydrogen-bond donors (Lipinski definition) is 0. The van der Waals surface area contributed by atoms with Crippen LogP contribution in [0.1, 0.15) is 11.1 Å². The Balaban J connectivity index is 3.42. The molecule has 0 aromatic heterocycles. The lowest BCUT2D eigenvalue weighted by Crippen LogP contribution is -2.50. The lowest BCUT2D eigenvalue weighted by Gasteiger charge is -2.23. The SMILES string of the molecule is Cc1ccc(N(C(=O)C(F)(F)F)C(=O)C(F)(F)F)cc1C. The highest BCUT2D eigenvalue weighted by molar-refractivity contribution is 6.18. The summed E-state index contributed by atoms with van der Waals surface area (Å²) < 4.78 is 74.4. The molecule has 0 radical (unpaired) electrons. The number of alkyl halides is 6. The second-order valence-corrected chi connectivity index (χ2v) is 4.21. The number of imide groups is 1. The highest BCUT2D eigenvalue weighted by Crippen LogP contribution is 2.29. The molecule has 0 spiro atoms. The third-order valence-corrected chi connectivity index (χ3v) is 2.64. The van der Waals surface area contributed by atoms with E-state index in [9.17, 15) is 35.9 Å². The molecule has 1 aromatic carbocycles. The Morgan fingerprint density at radius 1 is 0.857 bits per heavy atom. The first-order valence-corrected chi connectivity index (χ1v) is 5.45. The largest absolute Gasteiger partial charge is 0.472 e. The summed E-state index contributed by atoms with van der Waals surface area (Å²) in [5, 5.41) is 0. The summed E-state index contributed by atoms with van der Waals surface area (Å²) in [6, 6.07) is 2.96. The van der Waals surface area contributed by atoms with Gasteiger partial charge in [0.05, 0.1) is 5.69 Å². The van der Waals surface area contributed by atoms with E-state index in [-0.39, 0.29) is 0 Å². The number of carbonyl (C=O) groups excluding carboxylic acids is 2. The molecule has 0 saturated carbocycles. The monoisotopic (exact) mass is 313 g/mol. The zero-order valence-electron chi connectivity index (χ0n) is 10.8. The first kappa shape index (κ1) is 17.0. The van der Waals surface area contributed by atoms with Crippen molar-refractivity contribution < 1.29 is 35.9 Å². The standard InChI is InChI=1S/C12H9F6NO2/c1-6-3-4-8(5-7(6)2)19(9(20)11(13,14)15)10(21)12(16,17)18/h3-5H,1-2H3. The Hall–Kier alpha value is -2.06. The summed E-state index contributed by atoms with van der Waals surface area (Å²) in [5.41, 5.74) is 0.128. The molecule has 21 heavy (non-hydrogen) atoms. The van der Waals surface area contributed by atoms with Crippen molar-refractivity contribution in [1.29, 1.82) is 0 Å². The molecule has 9 heteroatoms. The van der Waals surface area contributed by atoms with Crippen LogP contribution in [0.2, 0.25) is 0 Å². The smallest absolute Gasteiger partial charge is 0.263 e. The molecule has 0 saturated heterocycles. The van der Waals surface area contributed by atoms with Gasteiger partial charge in [0.25, 0.3) is 0 Å². The van der Waals surface area contributed by atoms with Crippen LogP contribution in [-0.2, 0) is 9.59 Å². The van der Waals surface area contributed by atoms with Crippen molar-refractivity contribution in [1.82, 2.24) is 0 Å². The van der Waals surface area contributed by atoms with Gasteiger partial charge in [0.15, 0.2) is 0 Å². The van der Waals surface area contributed by atoms with E-state index in [0.717, 1.165) is 12.1 Å². The maximum absolute atomic E-state index is 12.4. The Bertz CT molecular complexity index is 550. The van der Waals surface area contributed by atoms with Gasteiger partial charge in [-0.05, 0) is 37.1 Å². The number of carbonyl (C=O) groups is 2. The fourth-order valence-corrected chi connectivity index (χ4v) is 1.44. The maximum Gasteiger partial charge on any atom is 0.472 e. The average molecular weight is 313 g/mol. The van der Waals surface area contributed by atoms with E-state index in [0.29, 0.717) is 11.1 Å². The fourth-order valence-electron chi connectivity index (χ4n) is 1.44. The van der Waals surface area contributed by atoms with Gasteiger partial charge >= 0.3 is 24.2 Å². The molecule has 0 aliphatic heterocycles. The summed E-state index contributed by atoms with van der Waals surface area (Å²) in [6.45, 7) is 2.99. The van der Waals surface area contributed by atoms with Crippen LogP contribution in [0.5, 0.6) is 0 Å². The van der Waals surface area contributed by atoms with Crippen LogP contribution >= 0.6 is 0 Å². The Labute approximate surface area is 115 Å². The van der Waals surface area contributed by atoms with E-state index in [4.69, 9.17) is 0 Å². The number of anilines is 1. The summed E-state index contributed by atoms with van der Waals surface area (Å²) in [6.07, 6.45) is -11.2. The molecule has 0 aliphatic rings. The van der Waals surface area contributed by atoms with E-state index in [1.54, 1.807) is 6.92 Å². The van der Waals surface area contributed by atoms with Crippen LogP contribution in [0.3, 0.4) is 0 Å². The molecule has 0 aliphatic carbocycles. The fraction of sp³-hybridized carbons (Fsp3) is 0.333. The normalized spacial score (nSPS) is 12.2. The van der Waals surface area contributed by atoms with Gasteiger partial charge in [-0.1, -0.05) is 6.07 Å². The van der Waals surface area contributed by atoms with Crippen molar-refractivity contribution >= 4 is 17.5 Å². The molecular formula is C12H9F6NO2. The topological polar surface area (TPSA) is 37.4 Å². The van der Waals surface area contributed by atoms with E-state index in [1.165, 1.54) is 13.0 Å². The number of halogens is 6. The highest BCUT2D eigenvalue weighted by Gasteiger charge is 2.52. The van der Waals surface area contributed by atoms with Crippen LogP contribution in [-0.4, -0.2) is 24.2 Å². The average Bonchev–Trinajstić information content (AvgIpc) is 2.31. The number of nitrogens with zero attached hydrogens (tertiary/aromatic N) is 1. The predicted molar refractivity (Wildman–Crippen MR) is 60.5 cm³/mol. The summed E-state index contributed by atoms with van der Waals surface area (Å²) in [5.74, 6) is -5.79. The van der Waals surface area contributed by atoms with Crippen molar-refractivity contribution in [3.8, 4) is 0 Å². The van der Waals surface area contributed by atoms with Gasteiger partial charge in [-0.3, -0.25) is 9.59 Å². The lowest BCUT2D eigenvalue weighted by atomic mass is 10.1. The van der Waals surface area contributed by atoms with Gasteiger partial charge in [0.1, 0.15) is 0 Å². The van der Waals surface area contributed by atoms with Crippen LogP contribution in [0.4, 0.5) is 32.0 Å². The molecule has 1 rings (SSSR count). The second kappa shape index (κ2) is 5.38. The second-order valence-electron chi connectivity index (χ2n) is 4.21. The molecule has 0 heterocycles. The Morgan fingerprint density at radius 2 is 1.29 bits per heavy atom. The molecule has 1 aromatic rings. The molecule has 0 N–H and O–H groups in total. The van der Waals surface area contributed by atoms with Gasteiger partial charge < -0.3 is 0 Å². The van der Waals surface area contributed by atoms with Crippen molar-refractivity contribution in [3.63, 3.8) is 0 Å². The molecule has 3 nitrogen and oxygen atoms in total. The van der Waals surface area contributed by atoms with E-state index >= 15 is 0 Å². The van der Waals surface area contributed by atoms with Gasteiger partial charge in [-0.2, -0.15) is 26.3 Å². The number of rotatable bonds is 1. The van der Waals surface area contributed by atoms with Gasteiger partial charge in [0.2, 0.25) is 0 Å². The van der Waals surface area contributed by atoms with Gasteiger partial charge in [-0.15, -0.1) is 0 Å². The minimum atomic E-state index is -5.61. The minimum Gasteiger partial charge on any atom is -0.263 e. The minimum absolute atomic E-state index is 0.336. The third kappa shape index (κ3) is 3.73. The molecule has 116 valence electrons. The summed E-state index contributed by atoms with van der Waals surface area (Å²) in [4.78, 5) is 21.3. The molecule has 0 bridgehead atoms. The number of amides is 2. The van der Waals surface area contributed by atoms with Crippen LogP contribution in [0.15, 0.2) is 18.2 Å². The Kier molecular flexibility index (Phi) is 4.35. The highest BCUT2D eigenvalue weighted by atomic mass is 19.4. The van der Waals surface area contributed by atoms with Crippen molar-refractivity contribution in [2.45, 2.75) is 26.2 Å². The molecule has 0 atom stereocenters. The lowest BCUT2D eigenvalue weighted by molar-refractivity contribution is -0.181. The Morgan fingerprint density at radius 3 is 1.62 bits per heavy atom. The summed E-state index contributed by atoms with van der Waals surface area (Å²) >= 11 is 0. The number of aryl methyl sites for hydroxylation is 2. The summed E-state index contributed by atoms with van der Waals surface area (Å²) in [7, 11) is 0. The zero-order valence-corrected chi connectivity index (χ0v) is 10.8. The van der Waals surface area contributed by atoms with Gasteiger partial charge in [0, 0.05) is 0 Å². The quantitative estimate of drug-likeness (QED) is 0.746. The van der Waals surface area contributed by atoms with Crippen LogP contribution < -0.4 is 4.90 Å². The number of hydrogen-bond acceptors (Lipinski definition) is 2. The van der Waals surface area contributed by atoms with Crippen molar-refractivity contribution in [2.24, 2.45) is 0 Å². The van der Waals surface area contributed by atoms with Crippen LogP contribution in [0.25, 0.3) is 0 Å². The molecule has 0 fully saturated rings. The molecular weight excluding hydrogens is 304 g/mol.